The summed E-state index contributed by atoms with van der Waals surface area (Å²) in [5.41, 5.74) is 6.96. The van der Waals surface area contributed by atoms with E-state index in [0.717, 1.165) is 17.8 Å². The number of nitrogen functional groups attached to an aromatic ring is 1. The first-order valence-corrected chi connectivity index (χ1v) is 5.90. The highest BCUT2D eigenvalue weighted by Gasteiger charge is 2.08. The van der Waals surface area contributed by atoms with E-state index in [-0.39, 0.29) is 5.95 Å². The molecule has 0 fully saturated rings. The topological polar surface area (TPSA) is 110 Å². The Balaban J connectivity index is 1.75. The van der Waals surface area contributed by atoms with Crippen molar-refractivity contribution in [2.45, 2.75) is 6.42 Å². The van der Waals surface area contributed by atoms with Crippen molar-refractivity contribution in [1.82, 2.24) is 29.5 Å². The second-order valence-corrected chi connectivity index (χ2v) is 4.16. The number of hydrogen-bond donors (Lipinski definition) is 3. The summed E-state index contributed by atoms with van der Waals surface area (Å²) in [6, 6.07) is 0. The molecule has 0 aliphatic heterocycles. The molecule has 0 aliphatic carbocycles. The van der Waals surface area contributed by atoms with E-state index in [0.29, 0.717) is 18.0 Å². The van der Waals surface area contributed by atoms with Crippen molar-refractivity contribution < 1.29 is 0 Å². The van der Waals surface area contributed by atoms with Crippen LogP contribution >= 0.6 is 0 Å². The van der Waals surface area contributed by atoms with Gasteiger partial charge in [-0.1, -0.05) is 0 Å². The predicted octanol–water partition coefficient (Wildman–Crippen LogP) is 0.323. The molecule has 0 unspecified atom stereocenters. The smallest absolute Gasteiger partial charge is 0.224 e. The summed E-state index contributed by atoms with van der Waals surface area (Å²) in [4.78, 5) is 19.5. The molecule has 0 amide bonds. The van der Waals surface area contributed by atoms with Crippen LogP contribution in [0.25, 0.3) is 11.2 Å². The monoisotopic (exact) mass is 258 g/mol. The summed E-state index contributed by atoms with van der Waals surface area (Å²) in [6.07, 6.45) is 6.07. The number of nitrogens with one attached hydrogen (secondary N) is 2. The minimum absolute atomic E-state index is 0.207. The van der Waals surface area contributed by atoms with Gasteiger partial charge >= 0.3 is 0 Å². The van der Waals surface area contributed by atoms with E-state index in [1.165, 1.54) is 0 Å². The Labute approximate surface area is 109 Å². The van der Waals surface area contributed by atoms with Crippen molar-refractivity contribution in [3.8, 4) is 0 Å². The molecule has 3 heterocycles. The number of aromatic nitrogens is 6. The number of anilines is 2. The van der Waals surface area contributed by atoms with Gasteiger partial charge in [-0.3, -0.25) is 0 Å². The van der Waals surface area contributed by atoms with Crippen molar-refractivity contribution in [1.29, 1.82) is 0 Å². The lowest BCUT2D eigenvalue weighted by molar-refractivity contribution is 0.789. The Morgan fingerprint density at radius 3 is 3.05 bits per heavy atom. The summed E-state index contributed by atoms with van der Waals surface area (Å²) in [5.74, 6) is 1.88. The summed E-state index contributed by atoms with van der Waals surface area (Å²) in [6.45, 7) is 0.704. The van der Waals surface area contributed by atoms with E-state index >= 15 is 0 Å². The molecule has 0 aromatic carbocycles. The number of imidazole rings is 2. The van der Waals surface area contributed by atoms with Gasteiger partial charge in [-0.2, -0.15) is 9.97 Å². The molecule has 3 rings (SSSR count). The van der Waals surface area contributed by atoms with Gasteiger partial charge in [0, 0.05) is 32.4 Å². The predicted molar refractivity (Wildman–Crippen MR) is 71.5 cm³/mol. The van der Waals surface area contributed by atoms with Gasteiger partial charge in [0.05, 0.1) is 6.33 Å². The van der Waals surface area contributed by atoms with E-state index in [2.05, 4.69) is 30.2 Å². The fraction of sp³-hybridized carbons (Fsp3) is 0.273. The Kier molecular flexibility index (Phi) is 2.75. The number of aromatic amines is 1. The molecule has 0 spiro atoms. The van der Waals surface area contributed by atoms with Crippen LogP contribution in [0, 0.1) is 0 Å². The number of fused-ring (bicyclic) bond motifs is 1. The van der Waals surface area contributed by atoms with Crippen LogP contribution in [0.4, 0.5) is 11.8 Å². The highest BCUT2D eigenvalue weighted by molar-refractivity contribution is 5.83. The van der Waals surface area contributed by atoms with E-state index in [4.69, 9.17) is 5.73 Å². The van der Waals surface area contributed by atoms with Crippen LogP contribution < -0.4 is 11.1 Å². The number of aryl methyl sites for hydroxylation is 1. The lowest BCUT2D eigenvalue weighted by atomic mass is 10.4. The molecule has 0 saturated heterocycles. The van der Waals surface area contributed by atoms with Crippen molar-refractivity contribution in [3.05, 3.63) is 24.5 Å². The molecule has 0 saturated carbocycles. The van der Waals surface area contributed by atoms with Gasteiger partial charge in [0.1, 0.15) is 11.3 Å². The van der Waals surface area contributed by atoms with Crippen LogP contribution in [-0.4, -0.2) is 36.0 Å². The first-order chi connectivity index (χ1) is 9.24. The maximum absolute atomic E-state index is 5.64. The third kappa shape index (κ3) is 2.19. The second kappa shape index (κ2) is 4.56. The fourth-order valence-corrected chi connectivity index (χ4v) is 1.91. The van der Waals surface area contributed by atoms with Crippen molar-refractivity contribution >= 4 is 22.9 Å². The Morgan fingerprint density at radius 2 is 2.26 bits per heavy atom. The molecule has 3 aromatic heterocycles. The van der Waals surface area contributed by atoms with Gasteiger partial charge in [0.25, 0.3) is 0 Å². The molecular weight excluding hydrogens is 244 g/mol. The zero-order chi connectivity index (χ0) is 13.2. The van der Waals surface area contributed by atoms with Gasteiger partial charge in [-0.05, 0) is 0 Å². The normalized spacial score (nSPS) is 11.0. The fourth-order valence-electron chi connectivity index (χ4n) is 1.91. The molecule has 98 valence electrons. The summed E-state index contributed by atoms with van der Waals surface area (Å²) >= 11 is 0. The highest BCUT2D eigenvalue weighted by atomic mass is 15.1. The Morgan fingerprint density at radius 1 is 1.37 bits per heavy atom. The lowest BCUT2D eigenvalue weighted by Crippen LogP contribution is -2.11. The summed E-state index contributed by atoms with van der Waals surface area (Å²) in [7, 11) is 1.97. The van der Waals surface area contributed by atoms with Crippen LogP contribution in [0.3, 0.4) is 0 Å². The molecular formula is C11H14N8. The molecule has 4 N–H and O–H groups in total. The molecule has 0 bridgehead atoms. The minimum Gasteiger partial charge on any atom is -0.368 e. The average molecular weight is 258 g/mol. The van der Waals surface area contributed by atoms with E-state index in [1.807, 2.05) is 17.8 Å². The molecule has 8 heteroatoms. The molecule has 0 aliphatic rings. The van der Waals surface area contributed by atoms with E-state index in [1.54, 1.807) is 12.5 Å². The van der Waals surface area contributed by atoms with Gasteiger partial charge < -0.3 is 20.6 Å². The van der Waals surface area contributed by atoms with Crippen molar-refractivity contribution in [2.24, 2.45) is 7.05 Å². The summed E-state index contributed by atoms with van der Waals surface area (Å²) < 4.78 is 1.99. The molecule has 8 nitrogen and oxygen atoms in total. The quantitative estimate of drug-likeness (QED) is 0.621. The van der Waals surface area contributed by atoms with Crippen LogP contribution in [-0.2, 0) is 13.5 Å². The molecule has 0 atom stereocenters. The van der Waals surface area contributed by atoms with Crippen LogP contribution in [0.2, 0.25) is 0 Å². The van der Waals surface area contributed by atoms with Crippen LogP contribution in [0.5, 0.6) is 0 Å². The Bertz CT molecular complexity index is 698. The number of H-pyrrole nitrogens is 1. The second-order valence-electron chi connectivity index (χ2n) is 4.16. The van der Waals surface area contributed by atoms with Gasteiger partial charge in [-0.25, -0.2) is 9.97 Å². The minimum atomic E-state index is 0.207. The van der Waals surface area contributed by atoms with Crippen molar-refractivity contribution in [2.75, 3.05) is 17.6 Å². The zero-order valence-electron chi connectivity index (χ0n) is 10.5. The zero-order valence-corrected chi connectivity index (χ0v) is 10.5. The maximum atomic E-state index is 5.64. The first kappa shape index (κ1) is 11.5. The van der Waals surface area contributed by atoms with E-state index in [9.17, 15) is 0 Å². The third-order valence-electron chi connectivity index (χ3n) is 2.86. The van der Waals surface area contributed by atoms with Gasteiger partial charge in [0.2, 0.25) is 5.95 Å². The van der Waals surface area contributed by atoms with E-state index < -0.39 is 0 Å². The van der Waals surface area contributed by atoms with Crippen LogP contribution in [0.15, 0.2) is 18.7 Å². The third-order valence-corrected chi connectivity index (χ3v) is 2.86. The number of hydrogen-bond acceptors (Lipinski definition) is 6. The average Bonchev–Trinajstić information content (AvgIpc) is 2.98. The largest absolute Gasteiger partial charge is 0.368 e. The lowest BCUT2D eigenvalue weighted by Gasteiger charge is -2.06. The highest BCUT2D eigenvalue weighted by Crippen LogP contribution is 2.16. The first-order valence-electron chi connectivity index (χ1n) is 5.90. The SMILES string of the molecule is Cn1ccnc1CCNc1nc(N)nc2nc[nH]c12. The van der Waals surface area contributed by atoms with Gasteiger partial charge in [-0.15, -0.1) is 0 Å². The van der Waals surface area contributed by atoms with Crippen molar-refractivity contribution in [3.63, 3.8) is 0 Å². The number of nitrogens with zero attached hydrogens (tertiary/aromatic N) is 5. The standard InChI is InChI=1S/C11H14N8/c1-19-5-4-13-7(19)2-3-14-9-8-10(16-6-15-8)18-11(12)17-9/h4-6H,2-3H2,1H3,(H4,12,14,15,16,17,18). The number of rotatable bonds is 4. The Hall–Kier alpha value is -2.64. The number of nitrogens with two attached hydrogens (primary N) is 1. The molecule has 3 aromatic rings. The maximum Gasteiger partial charge on any atom is 0.224 e. The van der Waals surface area contributed by atoms with Gasteiger partial charge in [0.15, 0.2) is 11.5 Å². The molecule has 19 heavy (non-hydrogen) atoms. The van der Waals surface area contributed by atoms with Crippen LogP contribution in [0.1, 0.15) is 5.82 Å². The summed E-state index contributed by atoms with van der Waals surface area (Å²) in [5, 5.41) is 3.22. The molecule has 0 radical (unpaired) electrons.